The van der Waals surface area contributed by atoms with Crippen molar-refractivity contribution in [3.63, 3.8) is 0 Å². The second kappa shape index (κ2) is 45.3. The van der Waals surface area contributed by atoms with E-state index >= 15 is 0 Å². The SMILES string of the molecule is Cc1c(C)n(CC(O)CNc2ccc(Br)cc2)c2ccccc12.Cc1cc(C)cc(NCC(O)Cn2c3ccc(Br)cc3c3cc(Br)ccc32)c1.Cc1ccc(C)c(NCC(O)Cn2c3ccc(Br)cc3c3cc(Br)ccc32)c1.Cc1ccc(NCC(O)Cn2c3ccc(Br)cc3c3cc(Br)ccc32)cc1C.Cc1ccc(NCC(O)Cn2c3ccc(Br)cc3c3cc(Br)ccc32)cc1C. The number of hydrogen-bond donors (Lipinski definition) is 10. The van der Waals surface area contributed by atoms with Crippen LogP contribution in [0.2, 0.25) is 0 Å². The molecular weight excluding hydrogens is 2270 g/mol. The first-order valence-electron chi connectivity index (χ1n) is 44.9. The van der Waals surface area contributed by atoms with Crippen LogP contribution in [0.5, 0.6) is 0 Å². The zero-order valence-electron chi connectivity index (χ0n) is 76.7. The van der Waals surface area contributed by atoms with Gasteiger partial charge in [0.2, 0.25) is 0 Å². The van der Waals surface area contributed by atoms with Crippen molar-refractivity contribution in [1.29, 1.82) is 0 Å². The van der Waals surface area contributed by atoms with E-state index in [4.69, 9.17) is 0 Å². The molecule has 15 nitrogen and oxygen atoms in total. The van der Waals surface area contributed by atoms with E-state index in [2.05, 4.69) is 450 Å². The Labute approximate surface area is 864 Å². The Hall–Kier alpha value is -9.06. The lowest BCUT2D eigenvalue weighted by molar-refractivity contribution is 0.167. The van der Waals surface area contributed by atoms with Gasteiger partial charge >= 0.3 is 0 Å². The summed E-state index contributed by atoms with van der Waals surface area (Å²) < 4.78 is 20.5. The fourth-order valence-electron chi connectivity index (χ4n) is 17.6. The smallest absolute Gasteiger partial charge is 0.0891 e. The number of nitrogens with zero attached hydrogens (tertiary/aromatic N) is 5. The highest BCUT2D eigenvalue weighted by Crippen LogP contribution is 2.40. The Kier molecular flexibility index (Phi) is 33.7. The molecule has 14 aromatic carbocycles. The van der Waals surface area contributed by atoms with Crippen molar-refractivity contribution in [3.05, 3.63) is 363 Å². The standard InChI is InChI=1S/4C23H22Br2N2O.C19H21BrN2O/c2*1-14-3-6-18(9-15(14)2)26-12-19(28)13-27-22-7-4-16(24)10-20(22)21-11-17(25)5-8-23(21)27;1-14-7-15(2)9-18(8-14)26-12-19(28)13-27-22-5-3-16(24)10-20(22)21-11-17(25)4-6-23(21)27;1-14-3-4-15(2)21(9-14)26-12-18(28)13-27-22-7-5-16(24)10-19(22)20-11-17(25)6-8-23(20)27;1-13-14(2)22(19-6-4-3-5-18(13)19)12-17(23)11-21-16-9-7-15(20)8-10-16/h3*3-11,19,26,28H,12-13H2,1-2H3;3-11,18,26,28H,12-13H2,1-2H3;3-10,17,21,23H,11-12H2,1-2H3. The van der Waals surface area contributed by atoms with Gasteiger partial charge in [0.1, 0.15) is 0 Å². The van der Waals surface area contributed by atoms with E-state index in [0.717, 1.165) is 113 Å². The molecule has 0 spiro atoms. The van der Waals surface area contributed by atoms with Crippen LogP contribution in [0.4, 0.5) is 28.4 Å². The Balaban J connectivity index is 0.000000129. The van der Waals surface area contributed by atoms with Crippen LogP contribution in [0.25, 0.3) is 98.1 Å². The third-order valence-corrected chi connectivity index (χ3v) is 29.3. The fourth-order valence-corrected chi connectivity index (χ4v) is 20.8. The third-order valence-electron chi connectivity index (χ3n) is 24.8. The number of anilines is 5. The lowest BCUT2D eigenvalue weighted by Gasteiger charge is -2.17. The highest BCUT2D eigenvalue weighted by Gasteiger charge is 2.22. The van der Waals surface area contributed by atoms with Crippen LogP contribution in [0.3, 0.4) is 0 Å². The number of para-hydroxylation sites is 1. The van der Waals surface area contributed by atoms with Gasteiger partial charge < -0.3 is 75.0 Å². The highest BCUT2D eigenvalue weighted by atomic mass is 79.9. The molecule has 19 rings (SSSR count). The van der Waals surface area contributed by atoms with Crippen molar-refractivity contribution in [2.45, 2.75) is 132 Å². The van der Waals surface area contributed by atoms with Crippen LogP contribution in [-0.2, 0) is 32.7 Å². The lowest BCUT2D eigenvalue weighted by atomic mass is 10.1. The van der Waals surface area contributed by atoms with E-state index < -0.39 is 30.5 Å². The maximum Gasteiger partial charge on any atom is 0.0891 e. The molecule has 0 amide bonds. The van der Waals surface area contributed by atoms with Gasteiger partial charge in [-0.25, -0.2) is 0 Å². The minimum absolute atomic E-state index is 0.451. The number of aliphatic hydroxyl groups excluding tert-OH is 5. The molecule has 0 radical (unpaired) electrons. The summed E-state index contributed by atoms with van der Waals surface area (Å²) in [5, 5.41) is 80.9. The number of aromatic nitrogens is 5. The molecule has 19 aromatic rings. The molecule has 0 aliphatic rings. The normalized spacial score (nSPS) is 12.6. The average molecular weight is 2380 g/mol. The molecule has 0 saturated heterocycles. The first-order valence-corrected chi connectivity index (χ1v) is 52.0. The third kappa shape index (κ3) is 24.8. The predicted octanol–water partition coefficient (Wildman–Crippen LogP) is 30.1. The zero-order valence-corrected chi connectivity index (χ0v) is 91.0. The van der Waals surface area contributed by atoms with Gasteiger partial charge in [-0.3, -0.25) is 0 Å². The summed E-state index contributed by atoms with van der Waals surface area (Å²) in [5.74, 6) is 0. The van der Waals surface area contributed by atoms with Gasteiger partial charge in [0, 0.05) is 205 Å². The topological polar surface area (TPSA) is 186 Å². The molecular formula is C111H109Br9N10O5. The summed E-state index contributed by atoms with van der Waals surface area (Å²) in [7, 11) is 0. The summed E-state index contributed by atoms with van der Waals surface area (Å²) in [5.41, 5.74) is 27.8. The van der Waals surface area contributed by atoms with E-state index in [1.807, 2.05) is 78.9 Å². The lowest BCUT2D eigenvalue weighted by Crippen LogP contribution is -2.25. The number of fused-ring (bicyclic) bond motifs is 13. The Morgan fingerprint density at radius 3 is 0.807 bits per heavy atom. The number of hydrogen-bond acceptors (Lipinski definition) is 10. The fraction of sp³-hybridized carbons (Fsp3) is 0.225. The Morgan fingerprint density at radius 1 is 0.215 bits per heavy atom. The number of aryl methyl sites for hydroxylation is 9. The van der Waals surface area contributed by atoms with Crippen molar-refractivity contribution >= 4 is 270 Å². The van der Waals surface area contributed by atoms with Crippen LogP contribution in [0.1, 0.15) is 55.8 Å². The number of aliphatic hydroxyl groups is 5. The van der Waals surface area contributed by atoms with E-state index in [1.54, 1.807) is 0 Å². The van der Waals surface area contributed by atoms with Crippen molar-refractivity contribution in [2.24, 2.45) is 0 Å². The van der Waals surface area contributed by atoms with Crippen molar-refractivity contribution < 1.29 is 25.5 Å². The van der Waals surface area contributed by atoms with E-state index in [-0.39, 0.29) is 0 Å². The van der Waals surface area contributed by atoms with Gasteiger partial charge in [-0.15, -0.1) is 0 Å². The summed E-state index contributed by atoms with van der Waals surface area (Å²) in [6, 6.07) is 92.0. The zero-order chi connectivity index (χ0) is 95.7. The summed E-state index contributed by atoms with van der Waals surface area (Å²) >= 11 is 32.1. The Bertz CT molecular complexity index is 7070. The number of rotatable bonds is 25. The molecule has 0 saturated carbocycles. The minimum atomic E-state index is -0.508. The summed E-state index contributed by atoms with van der Waals surface area (Å²) in [6.07, 6.45) is -2.48. The molecule has 5 atom stereocenters. The molecule has 5 aromatic heterocycles. The monoisotopic (exact) mass is 2370 g/mol. The van der Waals surface area contributed by atoms with Gasteiger partial charge in [0.15, 0.2) is 0 Å². The maximum atomic E-state index is 10.8. The molecule has 0 aliphatic heterocycles. The minimum Gasteiger partial charge on any atom is -0.389 e. The van der Waals surface area contributed by atoms with Crippen molar-refractivity contribution in [2.75, 3.05) is 59.3 Å². The summed E-state index contributed by atoms with van der Waals surface area (Å²) in [6.45, 7) is 26.2. The van der Waals surface area contributed by atoms with E-state index in [0.29, 0.717) is 65.4 Å². The van der Waals surface area contributed by atoms with Crippen LogP contribution >= 0.6 is 143 Å². The molecule has 10 N–H and O–H groups in total. The predicted molar refractivity (Wildman–Crippen MR) is 601 cm³/mol. The molecule has 5 heterocycles. The molecule has 24 heteroatoms. The van der Waals surface area contributed by atoms with Gasteiger partial charge in [0.25, 0.3) is 0 Å². The van der Waals surface area contributed by atoms with Crippen LogP contribution in [0.15, 0.2) is 307 Å². The summed E-state index contributed by atoms with van der Waals surface area (Å²) in [4.78, 5) is 0. The van der Waals surface area contributed by atoms with Crippen LogP contribution < -0.4 is 26.6 Å². The number of halogens is 9. The largest absolute Gasteiger partial charge is 0.389 e. The molecule has 0 fully saturated rings. The van der Waals surface area contributed by atoms with Gasteiger partial charge in [-0.05, 0) is 338 Å². The maximum absolute atomic E-state index is 10.8. The van der Waals surface area contributed by atoms with Crippen molar-refractivity contribution in [1.82, 2.24) is 22.8 Å². The molecule has 0 bridgehead atoms. The van der Waals surface area contributed by atoms with E-state index in [1.165, 1.54) is 110 Å². The highest BCUT2D eigenvalue weighted by molar-refractivity contribution is 9.12. The average Bonchev–Trinajstić information content (AvgIpc) is 1.61. The quantitative estimate of drug-likeness (QED) is 0.0264. The molecule has 0 aliphatic carbocycles. The van der Waals surface area contributed by atoms with Crippen molar-refractivity contribution in [3.8, 4) is 0 Å². The number of benzene rings is 14. The van der Waals surface area contributed by atoms with Gasteiger partial charge in [-0.2, -0.15) is 0 Å². The van der Waals surface area contributed by atoms with Gasteiger partial charge in [0.05, 0.1) is 63.2 Å². The molecule has 135 heavy (non-hydrogen) atoms. The number of nitrogens with one attached hydrogen (secondary N) is 5. The van der Waals surface area contributed by atoms with Gasteiger partial charge in [-0.1, -0.05) is 192 Å². The first kappa shape index (κ1) is 100. The Morgan fingerprint density at radius 2 is 0.481 bits per heavy atom. The second-order valence-electron chi connectivity index (χ2n) is 35.0. The van der Waals surface area contributed by atoms with E-state index in [9.17, 15) is 25.5 Å². The molecule has 696 valence electrons. The first-order chi connectivity index (χ1) is 64.7. The molecule has 5 unspecified atom stereocenters. The van der Waals surface area contributed by atoms with Crippen LogP contribution in [0, 0.1) is 69.2 Å². The second-order valence-corrected chi connectivity index (χ2v) is 43.3. The van der Waals surface area contributed by atoms with Crippen LogP contribution in [-0.4, -0.2) is 112 Å².